The van der Waals surface area contributed by atoms with Gasteiger partial charge in [-0.15, -0.1) is 0 Å². The van der Waals surface area contributed by atoms with Crippen molar-refractivity contribution < 1.29 is 4.90 Å². The Morgan fingerprint density at radius 2 is 2.13 bits per heavy atom. The van der Waals surface area contributed by atoms with E-state index in [0.29, 0.717) is 5.54 Å². The predicted molar refractivity (Wildman–Crippen MR) is 63.0 cm³/mol. The van der Waals surface area contributed by atoms with E-state index in [4.69, 9.17) is 0 Å². The standard InChI is InChI=1S/C14H23N/c1-11-6-8-14(2)13-5-3-4-12(13)7-9-15(14)10-11/h11H,3-10H2,1-2H3/p+1/t11-,14+/m1/s1. The third-order valence-electron chi connectivity index (χ3n) is 5.24. The van der Waals surface area contributed by atoms with E-state index in [2.05, 4.69) is 13.8 Å². The summed E-state index contributed by atoms with van der Waals surface area (Å²) in [5, 5.41) is 0. The van der Waals surface area contributed by atoms with E-state index in [1.165, 1.54) is 51.6 Å². The van der Waals surface area contributed by atoms with E-state index in [1.807, 2.05) is 16.0 Å². The van der Waals surface area contributed by atoms with Gasteiger partial charge in [0.05, 0.1) is 13.1 Å². The van der Waals surface area contributed by atoms with Gasteiger partial charge in [-0.25, -0.2) is 0 Å². The topological polar surface area (TPSA) is 4.44 Å². The molecule has 0 aromatic carbocycles. The van der Waals surface area contributed by atoms with Crippen molar-refractivity contribution in [2.24, 2.45) is 5.92 Å². The van der Waals surface area contributed by atoms with Gasteiger partial charge in [0.2, 0.25) is 0 Å². The first kappa shape index (κ1) is 9.89. The molecule has 2 aliphatic heterocycles. The molecule has 0 aromatic heterocycles. The minimum Gasteiger partial charge on any atom is -0.326 e. The highest BCUT2D eigenvalue weighted by Crippen LogP contribution is 2.39. The van der Waals surface area contributed by atoms with Crippen LogP contribution in [0, 0.1) is 5.92 Å². The fraction of sp³-hybridized carbons (Fsp3) is 0.857. The molecule has 0 radical (unpaired) electrons. The average molecular weight is 206 g/mol. The molecule has 3 rings (SSSR count). The Balaban J connectivity index is 1.94. The van der Waals surface area contributed by atoms with Crippen molar-refractivity contribution in [1.82, 2.24) is 0 Å². The number of hydrogen-bond donors (Lipinski definition) is 1. The van der Waals surface area contributed by atoms with Crippen molar-refractivity contribution in [2.45, 2.75) is 57.9 Å². The molecular weight excluding hydrogens is 182 g/mol. The maximum Gasteiger partial charge on any atom is 0.117 e. The number of rotatable bonds is 0. The summed E-state index contributed by atoms with van der Waals surface area (Å²) in [6.45, 7) is 7.83. The van der Waals surface area contributed by atoms with Gasteiger partial charge in [-0.2, -0.15) is 0 Å². The van der Waals surface area contributed by atoms with Crippen LogP contribution in [0.1, 0.15) is 52.4 Å². The molecule has 1 heteroatoms. The molecule has 15 heavy (non-hydrogen) atoms. The summed E-state index contributed by atoms with van der Waals surface area (Å²) in [5.41, 5.74) is 4.29. The summed E-state index contributed by atoms with van der Waals surface area (Å²) in [7, 11) is 0. The molecule has 0 aromatic rings. The minimum atomic E-state index is 0.552. The molecule has 0 saturated carbocycles. The number of nitrogens with one attached hydrogen (secondary N) is 1. The van der Waals surface area contributed by atoms with E-state index >= 15 is 0 Å². The van der Waals surface area contributed by atoms with Crippen LogP contribution in [0.25, 0.3) is 0 Å². The molecule has 84 valence electrons. The van der Waals surface area contributed by atoms with Crippen LogP contribution < -0.4 is 4.90 Å². The highest BCUT2D eigenvalue weighted by atomic mass is 15.2. The van der Waals surface area contributed by atoms with Gasteiger partial charge in [-0.1, -0.05) is 12.5 Å². The van der Waals surface area contributed by atoms with Gasteiger partial charge in [-0.05, 0) is 38.2 Å². The normalized spacial score (nSPS) is 45.2. The Hall–Kier alpha value is -0.300. The molecule has 1 nitrogen and oxygen atoms in total. The van der Waals surface area contributed by atoms with Crippen LogP contribution in [0.15, 0.2) is 11.1 Å². The zero-order valence-electron chi connectivity index (χ0n) is 10.2. The van der Waals surface area contributed by atoms with Crippen LogP contribution in [0.2, 0.25) is 0 Å². The molecule has 3 atom stereocenters. The molecule has 1 N–H and O–H groups in total. The first-order chi connectivity index (χ1) is 7.20. The number of quaternary nitrogens is 1. The molecule has 2 heterocycles. The van der Waals surface area contributed by atoms with Gasteiger partial charge in [0.25, 0.3) is 0 Å². The van der Waals surface area contributed by atoms with Crippen LogP contribution in [-0.2, 0) is 0 Å². The highest BCUT2D eigenvalue weighted by molar-refractivity contribution is 5.29. The zero-order valence-corrected chi connectivity index (χ0v) is 10.2. The monoisotopic (exact) mass is 206 g/mol. The summed E-state index contributed by atoms with van der Waals surface area (Å²) in [4.78, 5) is 1.90. The van der Waals surface area contributed by atoms with Gasteiger partial charge < -0.3 is 4.90 Å². The van der Waals surface area contributed by atoms with E-state index in [9.17, 15) is 0 Å². The van der Waals surface area contributed by atoms with Gasteiger partial charge in [0.15, 0.2) is 0 Å². The zero-order chi connectivity index (χ0) is 10.5. The van der Waals surface area contributed by atoms with Crippen LogP contribution in [0.3, 0.4) is 0 Å². The van der Waals surface area contributed by atoms with Gasteiger partial charge >= 0.3 is 0 Å². The van der Waals surface area contributed by atoms with Crippen LogP contribution >= 0.6 is 0 Å². The smallest absolute Gasteiger partial charge is 0.117 e. The summed E-state index contributed by atoms with van der Waals surface area (Å²) in [5.74, 6) is 0.955. The van der Waals surface area contributed by atoms with Gasteiger partial charge in [-0.3, -0.25) is 0 Å². The van der Waals surface area contributed by atoms with E-state index < -0.39 is 0 Å². The SMILES string of the molecule is C[C@@H]1CC[C@@]2(C)C3=C(CCC3)CC[NH+]2C1. The molecule has 1 saturated heterocycles. The third-order valence-corrected chi connectivity index (χ3v) is 5.24. The van der Waals surface area contributed by atoms with Crippen LogP contribution in [-0.4, -0.2) is 18.6 Å². The third kappa shape index (κ3) is 1.39. The van der Waals surface area contributed by atoms with Crippen molar-refractivity contribution in [3.05, 3.63) is 11.1 Å². The van der Waals surface area contributed by atoms with Crippen molar-refractivity contribution >= 4 is 0 Å². The summed E-state index contributed by atoms with van der Waals surface area (Å²) < 4.78 is 0. The molecule has 1 fully saturated rings. The van der Waals surface area contributed by atoms with Gasteiger partial charge in [0, 0.05) is 18.8 Å². The lowest BCUT2D eigenvalue weighted by Gasteiger charge is -2.48. The average Bonchev–Trinajstić information content (AvgIpc) is 2.68. The molecular formula is C14H24N+. The molecule has 0 bridgehead atoms. The maximum absolute atomic E-state index is 2.55. The second kappa shape index (κ2) is 3.35. The molecule has 0 spiro atoms. The Bertz CT molecular complexity index is 304. The maximum atomic E-state index is 2.55. The first-order valence-corrected chi connectivity index (χ1v) is 6.77. The minimum absolute atomic E-state index is 0.552. The van der Waals surface area contributed by atoms with Crippen LogP contribution in [0.5, 0.6) is 0 Å². The lowest BCUT2D eigenvalue weighted by molar-refractivity contribution is -0.955. The van der Waals surface area contributed by atoms with Crippen molar-refractivity contribution in [2.75, 3.05) is 13.1 Å². The number of piperidine rings is 1. The molecule has 1 aliphatic carbocycles. The van der Waals surface area contributed by atoms with E-state index in [1.54, 1.807) is 0 Å². The largest absolute Gasteiger partial charge is 0.326 e. The summed E-state index contributed by atoms with van der Waals surface area (Å²) in [6, 6.07) is 0. The van der Waals surface area contributed by atoms with Crippen molar-refractivity contribution in [1.29, 1.82) is 0 Å². The summed E-state index contributed by atoms with van der Waals surface area (Å²) in [6.07, 6.45) is 8.60. The van der Waals surface area contributed by atoms with Crippen molar-refractivity contribution in [3.8, 4) is 0 Å². The summed E-state index contributed by atoms with van der Waals surface area (Å²) >= 11 is 0. The molecule has 3 aliphatic rings. The predicted octanol–water partition coefficient (Wildman–Crippen LogP) is 1.94. The Kier molecular flexibility index (Phi) is 2.21. The Morgan fingerprint density at radius 1 is 1.27 bits per heavy atom. The first-order valence-electron chi connectivity index (χ1n) is 6.77. The number of hydrogen-bond acceptors (Lipinski definition) is 0. The fourth-order valence-electron chi connectivity index (χ4n) is 4.25. The quantitative estimate of drug-likeness (QED) is 0.578. The Labute approximate surface area is 93.5 Å². The van der Waals surface area contributed by atoms with Crippen molar-refractivity contribution in [3.63, 3.8) is 0 Å². The molecule has 0 amide bonds. The Morgan fingerprint density at radius 3 is 3.00 bits per heavy atom. The number of fused-ring (bicyclic) bond motifs is 2. The lowest BCUT2D eigenvalue weighted by Crippen LogP contribution is -3.22. The second-order valence-electron chi connectivity index (χ2n) is 6.22. The van der Waals surface area contributed by atoms with E-state index in [0.717, 1.165) is 5.92 Å². The lowest BCUT2D eigenvalue weighted by atomic mass is 9.75. The van der Waals surface area contributed by atoms with Crippen LogP contribution in [0.4, 0.5) is 0 Å². The second-order valence-corrected chi connectivity index (χ2v) is 6.22. The highest BCUT2D eigenvalue weighted by Gasteiger charge is 2.47. The fourth-order valence-corrected chi connectivity index (χ4v) is 4.25. The van der Waals surface area contributed by atoms with E-state index in [-0.39, 0.29) is 0 Å². The molecule has 1 unspecified atom stereocenters. The van der Waals surface area contributed by atoms with Gasteiger partial charge in [0.1, 0.15) is 5.54 Å².